The Kier molecular flexibility index (Phi) is 6.21. The van der Waals surface area contributed by atoms with Gasteiger partial charge in [0.15, 0.2) is 11.5 Å². The number of amides is 2. The molecule has 2 aromatic heterocycles. The van der Waals surface area contributed by atoms with Gasteiger partial charge in [0, 0.05) is 49.2 Å². The van der Waals surface area contributed by atoms with Crippen LogP contribution in [0.2, 0.25) is 0 Å². The molecular weight excluding hydrogens is 470 g/mol. The minimum absolute atomic E-state index is 0.0651. The number of thiophene rings is 1. The predicted octanol–water partition coefficient (Wildman–Crippen LogP) is 2.58. The average molecular weight is 496 g/mol. The summed E-state index contributed by atoms with van der Waals surface area (Å²) in [5.41, 5.74) is 1.47. The molecular formula is C25H25N3O6S. The van der Waals surface area contributed by atoms with Gasteiger partial charge in [0.1, 0.15) is 11.3 Å². The average Bonchev–Trinajstić information content (AvgIpc) is 3.45. The van der Waals surface area contributed by atoms with Crippen LogP contribution < -0.4 is 25.1 Å². The molecule has 3 aromatic rings. The van der Waals surface area contributed by atoms with Crippen molar-refractivity contribution in [3.8, 4) is 17.2 Å². The van der Waals surface area contributed by atoms with E-state index in [0.29, 0.717) is 53.7 Å². The number of rotatable bonds is 5. The van der Waals surface area contributed by atoms with E-state index in [0.717, 1.165) is 10.4 Å². The normalized spacial score (nSPS) is 14.3. The van der Waals surface area contributed by atoms with Gasteiger partial charge in [-0.2, -0.15) is 0 Å². The summed E-state index contributed by atoms with van der Waals surface area (Å²) in [4.78, 5) is 42.6. The zero-order valence-electron chi connectivity index (χ0n) is 19.5. The van der Waals surface area contributed by atoms with E-state index in [4.69, 9.17) is 14.2 Å². The maximum Gasteiger partial charge on any atom is 0.263 e. The SMILES string of the molecule is COc1cc(=O)n2c(c1C(=O)NCc1ccc3c(c1)OCO3)CCN(C(=O)c1ccc(C)s1)CC2. The summed E-state index contributed by atoms with van der Waals surface area (Å²) in [7, 11) is 1.44. The number of aromatic nitrogens is 1. The molecule has 2 aliphatic rings. The molecule has 5 rings (SSSR count). The van der Waals surface area contributed by atoms with E-state index >= 15 is 0 Å². The van der Waals surface area contributed by atoms with Crippen LogP contribution in [0, 0.1) is 6.92 Å². The molecule has 10 heteroatoms. The van der Waals surface area contributed by atoms with E-state index in [1.54, 1.807) is 15.5 Å². The van der Waals surface area contributed by atoms with Crippen molar-refractivity contribution in [3.05, 3.63) is 73.3 Å². The first-order chi connectivity index (χ1) is 16.9. The van der Waals surface area contributed by atoms with E-state index in [1.165, 1.54) is 24.5 Å². The summed E-state index contributed by atoms with van der Waals surface area (Å²) < 4.78 is 17.7. The van der Waals surface area contributed by atoms with Crippen LogP contribution >= 0.6 is 11.3 Å². The fourth-order valence-electron chi connectivity index (χ4n) is 4.38. The fourth-order valence-corrected chi connectivity index (χ4v) is 5.22. The maximum atomic E-state index is 13.3. The first kappa shape index (κ1) is 23.0. The molecule has 182 valence electrons. The molecule has 0 atom stereocenters. The molecule has 0 saturated carbocycles. The summed E-state index contributed by atoms with van der Waals surface area (Å²) in [6, 6.07) is 10.6. The van der Waals surface area contributed by atoms with Gasteiger partial charge in [0.05, 0.1) is 12.0 Å². The highest BCUT2D eigenvalue weighted by Crippen LogP contribution is 2.32. The Hall–Kier alpha value is -3.79. The van der Waals surface area contributed by atoms with Crippen LogP contribution in [-0.2, 0) is 19.5 Å². The Labute approximate surface area is 205 Å². The van der Waals surface area contributed by atoms with Crippen molar-refractivity contribution in [1.29, 1.82) is 0 Å². The highest BCUT2D eigenvalue weighted by Gasteiger charge is 2.27. The fraction of sp³-hybridized carbons (Fsp3) is 0.320. The third-order valence-electron chi connectivity index (χ3n) is 6.17. The monoisotopic (exact) mass is 495 g/mol. The third kappa shape index (κ3) is 4.49. The molecule has 2 aliphatic heterocycles. The molecule has 35 heavy (non-hydrogen) atoms. The molecule has 0 aliphatic carbocycles. The van der Waals surface area contributed by atoms with Crippen LogP contribution in [0.3, 0.4) is 0 Å². The number of nitrogens with one attached hydrogen (secondary N) is 1. The minimum Gasteiger partial charge on any atom is -0.496 e. The van der Waals surface area contributed by atoms with Crippen LogP contribution in [0.5, 0.6) is 17.2 Å². The van der Waals surface area contributed by atoms with Gasteiger partial charge in [0.2, 0.25) is 6.79 Å². The van der Waals surface area contributed by atoms with Crippen molar-refractivity contribution in [3.63, 3.8) is 0 Å². The summed E-state index contributed by atoms with van der Waals surface area (Å²) in [5, 5.41) is 2.92. The van der Waals surface area contributed by atoms with Gasteiger partial charge in [-0.3, -0.25) is 14.4 Å². The van der Waals surface area contributed by atoms with Crippen molar-refractivity contribution in [1.82, 2.24) is 14.8 Å². The summed E-state index contributed by atoms with van der Waals surface area (Å²) in [5.74, 6) is 1.12. The number of pyridine rings is 1. The van der Waals surface area contributed by atoms with Crippen molar-refractivity contribution in [2.75, 3.05) is 27.0 Å². The first-order valence-electron chi connectivity index (χ1n) is 11.3. The molecule has 2 amide bonds. The Morgan fingerprint density at radius 1 is 1.09 bits per heavy atom. The van der Waals surface area contributed by atoms with Gasteiger partial charge >= 0.3 is 0 Å². The zero-order valence-corrected chi connectivity index (χ0v) is 20.3. The van der Waals surface area contributed by atoms with Crippen LogP contribution in [0.15, 0.2) is 41.2 Å². The largest absolute Gasteiger partial charge is 0.496 e. The lowest BCUT2D eigenvalue weighted by atomic mass is 10.1. The van der Waals surface area contributed by atoms with Gasteiger partial charge < -0.3 is 29.0 Å². The standard InChI is InChI=1S/C25H25N3O6S/c1-15-3-6-21(35-15)25(31)27-8-7-17-23(20(32-2)12-22(29)28(17)10-9-27)24(30)26-13-16-4-5-18-19(11-16)34-14-33-18/h3-6,11-12H,7-10,13-14H2,1-2H3,(H,26,30). The third-order valence-corrected chi connectivity index (χ3v) is 7.16. The number of methoxy groups -OCH3 is 1. The number of hydrogen-bond acceptors (Lipinski definition) is 7. The van der Waals surface area contributed by atoms with E-state index in [1.807, 2.05) is 31.2 Å². The molecule has 0 radical (unpaired) electrons. The molecule has 4 heterocycles. The van der Waals surface area contributed by atoms with Crippen molar-refractivity contribution >= 4 is 23.2 Å². The molecule has 0 unspecified atom stereocenters. The predicted molar refractivity (Wildman–Crippen MR) is 130 cm³/mol. The van der Waals surface area contributed by atoms with E-state index in [2.05, 4.69) is 5.32 Å². The number of aryl methyl sites for hydroxylation is 1. The molecule has 0 saturated heterocycles. The lowest BCUT2D eigenvalue weighted by molar-refractivity contribution is 0.0764. The molecule has 1 N–H and O–H groups in total. The first-order valence-corrected chi connectivity index (χ1v) is 12.1. The molecule has 0 bridgehead atoms. The second-order valence-corrected chi connectivity index (χ2v) is 9.63. The number of ether oxygens (including phenoxy) is 3. The van der Waals surface area contributed by atoms with Gasteiger partial charge in [0.25, 0.3) is 17.4 Å². The number of nitrogens with zero attached hydrogens (tertiary/aromatic N) is 2. The molecule has 0 fully saturated rings. The van der Waals surface area contributed by atoms with E-state index < -0.39 is 0 Å². The van der Waals surface area contributed by atoms with Gasteiger partial charge in [-0.15, -0.1) is 11.3 Å². The highest BCUT2D eigenvalue weighted by molar-refractivity contribution is 7.13. The zero-order chi connectivity index (χ0) is 24.5. The van der Waals surface area contributed by atoms with Crippen LogP contribution in [0.25, 0.3) is 0 Å². The summed E-state index contributed by atoms with van der Waals surface area (Å²) >= 11 is 1.45. The number of hydrogen-bond donors (Lipinski definition) is 1. The second-order valence-electron chi connectivity index (χ2n) is 8.35. The van der Waals surface area contributed by atoms with Crippen molar-refractivity contribution in [2.24, 2.45) is 0 Å². The highest BCUT2D eigenvalue weighted by atomic mass is 32.1. The van der Waals surface area contributed by atoms with Crippen molar-refractivity contribution in [2.45, 2.75) is 26.4 Å². The Bertz CT molecular complexity index is 1360. The summed E-state index contributed by atoms with van der Waals surface area (Å²) in [6.45, 7) is 3.48. The Morgan fingerprint density at radius 2 is 1.91 bits per heavy atom. The van der Waals surface area contributed by atoms with E-state index in [-0.39, 0.29) is 36.5 Å². The Morgan fingerprint density at radius 3 is 2.69 bits per heavy atom. The van der Waals surface area contributed by atoms with Gasteiger partial charge in [-0.1, -0.05) is 6.07 Å². The topological polar surface area (TPSA) is 99.1 Å². The molecule has 1 aromatic carbocycles. The lowest BCUT2D eigenvalue weighted by Gasteiger charge is -2.18. The Balaban J connectivity index is 1.38. The second kappa shape index (κ2) is 9.46. The number of benzene rings is 1. The van der Waals surface area contributed by atoms with Crippen LogP contribution in [-0.4, -0.2) is 48.3 Å². The molecule has 0 spiro atoms. The summed E-state index contributed by atoms with van der Waals surface area (Å²) in [6.07, 6.45) is 0.356. The number of carbonyl (C=O) groups excluding carboxylic acids is 2. The molecule has 9 nitrogen and oxygen atoms in total. The number of carbonyl (C=O) groups is 2. The van der Waals surface area contributed by atoms with Crippen LogP contribution in [0.4, 0.5) is 0 Å². The van der Waals surface area contributed by atoms with E-state index in [9.17, 15) is 14.4 Å². The maximum absolute atomic E-state index is 13.3. The van der Waals surface area contributed by atoms with Crippen LogP contribution in [0.1, 0.15) is 36.2 Å². The van der Waals surface area contributed by atoms with Gasteiger partial charge in [-0.05, 0) is 36.8 Å². The lowest BCUT2D eigenvalue weighted by Crippen LogP contribution is -2.33. The van der Waals surface area contributed by atoms with Crippen molar-refractivity contribution < 1.29 is 23.8 Å². The minimum atomic E-state index is -0.350. The smallest absolute Gasteiger partial charge is 0.263 e. The number of fused-ring (bicyclic) bond motifs is 2. The quantitative estimate of drug-likeness (QED) is 0.584. The van der Waals surface area contributed by atoms with Gasteiger partial charge in [-0.25, -0.2) is 0 Å².